The van der Waals surface area contributed by atoms with Crippen LogP contribution in [0, 0.1) is 0 Å². The average molecular weight is 257 g/mol. The number of halogens is 1. The Labute approximate surface area is 90.2 Å². The Balaban J connectivity index is 2.96. The predicted molar refractivity (Wildman–Crippen MR) is 55.5 cm³/mol. The SMILES string of the molecule is CCC(=O)Oc1ccc(Br)cc1C=O. The molecule has 1 aromatic carbocycles. The highest BCUT2D eigenvalue weighted by Gasteiger charge is 2.07. The van der Waals surface area contributed by atoms with Crippen molar-refractivity contribution in [3.05, 3.63) is 28.2 Å². The quantitative estimate of drug-likeness (QED) is 0.475. The van der Waals surface area contributed by atoms with Gasteiger partial charge in [0.25, 0.3) is 0 Å². The highest BCUT2D eigenvalue weighted by Crippen LogP contribution is 2.21. The van der Waals surface area contributed by atoms with Gasteiger partial charge < -0.3 is 4.74 Å². The molecule has 0 spiro atoms. The lowest BCUT2D eigenvalue weighted by Crippen LogP contribution is -2.07. The summed E-state index contributed by atoms with van der Waals surface area (Å²) in [6.07, 6.45) is 0.942. The summed E-state index contributed by atoms with van der Waals surface area (Å²) in [5, 5.41) is 0. The Morgan fingerprint density at radius 3 is 2.86 bits per heavy atom. The van der Waals surface area contributed by atoms with Crippen LogP contribution >= 0.6 is 15.9 Å². The van der Waals surface area contributed by atoms with Gasteiger partial charge in [-0.1, -0.05) is 22.9 Å². The second-order valence-corrected chi connectivity index (χ2v) is 3.54. The first kappa shape index (κ1) is 10.9. The fraction of sp³-hybridized carbons (Fsp3) is 0.200. The van der Waals surface area contributed by atoms with Crippen molar-refractivity contribution in [2.75, 3.05) is 0 Å². The summed E-state index contributed by atoms with van der Waals surface area (Å²) in [6, 6.07) is 4.90. The molecule has 0 aliphatic heterocycles. The van der Waals surface area contributed by atoms with Gasteiger partial charge in [-0.25, -0.2) is 0 Å². The number of carbonyl (C=O) groups is 2. The molecule has 1 aromatic rings. The van der Waals surface area contributed by atoms with Gasteiger partial charge >= 0.3 is 5.97 Å². The van der Waals surface area contributed by atoms with Gasteiger partial charge in [-0.05, 0) is 18.2 Å². The molecule has 0 aliphatic carbocycles. The third-order valence-electron chi connectivity index (χ3n) is 1.61. The van der Waals surface area contributed by atoms with Crippen molar-refractivity contribution < 1.29 is 14.3 Å². The van der Waals surface area contributed by atoms with E-state index >= 15 is 0 Å². The fourth-order valence-electron chi connectivity index (χ4n) is 0.899. The fourth-order valence-corrected chi connectivity index (χ4v) is 1.28. The Bertz CT molecular complexity index is 360. The summed E-state index contributed by atoms with van der Waals surface area (Å²) in [6.45, 7) is 1.70. The lowest BCUT2D eigenvalue weighted by molar-refractivity contribution is -0.134. The summed E-state index contributed by atoms with van der Waals surface area (Å²) >= 11 is 3.22. The normalized spacial score (nSPS) is 9.57. The number of benzene rings is 1. The van der Waals surface area contributed by atoms with E-state index in [1.54, 1.807) is 25.1 Å². The van der Waals surface area contributed by atoms with Crippen LogP contribution in [0.2, 0.25) is 0 Å². The summed E-state index contributed by atoms with van der Waals surface area (Å²) in [4.78, 5) is 21.6. The van der Waals surface area contributed by atoms with Crippen LogP contribution in [-0.4, -0.2) is 12.3 Å². The monoisotopic (exact) mass is 256 g/mol. The Kier molecular flexibility index (Phi) is 3.83. The zero-order valence-corrected chi connectivity index (χ0v) is 9.21. The molecule has 0 amide bonds. The van der Waals surface area contributed by atoms with Gasteiger partial charge in [-0.15, -0.1) is 0 Å². The summed E-state index contributed by atoms with van der Waals surface area (Å²) in [5.74, 6) is -0.0505. The van der Waals surface area contributed by atoms with Crippen LogP contribution in [0.5, 0.6) is 5.75 Å². The highest BCUT2D eigenvalue weighted by atomic mass is 79.9. The Morgan fingerprint density at radius 2 is 2.29 bits per heavy atom. The number of ether oxygens (including phenoxy) is 1. The largest absolute Gasteiger partial charge is 0.426 e. The number of carbonyl (C=O) groups excluding carboxylic acids is 2. The van der Waals surface area contributed by atoms with Crippen LogP contribution in [-0.2, 0) is 4.79 Å². The second-order valence-electron chi connectivity index (χ2n) is 2.63. The lowest BCUT2D eigenvalue weighted by Gasteiger charge is -2.05. The molecule has 0 bridgehead atoms. The molecule has 74 valence electrons. The molecule has 0 aromatic heterocycles. The van der Waals surface area contributed by atoms with E-state index in [1.165, 1.54) is 0 Å². The van der Waals surface area contributed by atoms with E-state index in [4.69, 9.17) is 4.74 Å². The van der Waals surface area contributed by atoms with Crippen LogP contribution < -0.4 is 4.74 Å². The highest BCUT2D eigenvalue weighted by molar-refractivity contribution is 9.10. The first-order valence-electron chi connectivity index (χ1n) is 4.12. The van der Waals surface area contributed by atoms with E-state index in [1.807, 2.05) is 0 Å². The maximum atomic E-state index is 11.0. The summed E-state index contributed by atoms with van der Waals surface area (Å²) in [7, 11) is 0. The molecular weight excluding hydrogens is 248 g/mol. The summed E-state index contributed by atoms with van der Waals surface area (Å²) in [5.41, 5.74) is 0.362. The van der Waals surface area contributed by atoms with E-state index in [0.29, 0.717) is 17.6 Å². The minimum atomic E-state index is -0.351. The average Bonchev–Trinajstić information content (AvgIpc) is 2.20. The van der Waals surface area contributed by atoms with Gasteiger partial charge in [0, 0.05) is 10.9 Å². The van der Waals surface area contributed by atoms with E-state index in [-0.39, 0.29) is 12.4 Å². The van der Waals surface area contributed by atoms with Gasteiger partial charge in [-0.3, -0.25) is 9.59 Å². The molecule has 1 rings (SSSR count). The minimum absolute atomic E-state index is 0.286. The van der Waals surface area contributed by atoms with E-state index in [9.17, 15) is 9.59 Å². The molecule has 0 saturated heterocycles. The van der Waals surface area contributed by atoms with Crippen LogP contribution in [0.4, 0.5) is 0 Å². The Hall–Kier alpha value is -1.16. The van der Waals surface area contributed by atoms with Gasteiger partial charge in [0.05, 0.1) is 5.56 Å². The zero-order chi connectivity index (χ0) is 10.6. The van der Waals surface area contributed by atoms with Crippen LogP contribution in [0.15, 0.2) is 22.7 Å². The number of hydrogen-bond donors (Lipinski definition) is 0. The van der Waals surface area contributed by atoms with Gasteiger partial charge in [-0.2, -0.15) is 0 Å². The van der Waals surface area contributed by atoms with E-state index in [2.05, 4.69) is 15.9 Å². The molecule has 0 unspecified atom stereocenters. The minimum Gasteiger partial charge on any atom is -0.426 e. The first-order valence-corrected chi connectivity index (χ1v) is 4.92. The van der Waals surface area contributed by atoms with Crippen molar-refractivity contribution in [2.24, 2.45) is 0 Å². The lowest BCUT2D eigenvalue weighted by atomic mass is 10.2. The first-order chi connectivity index (χ1) is 6.67. The van der Waals surface area contributed by atoms with Crippen LogP contribution in [0.25, 0.3) is 0 Å². The van der Waals surface area contributed by atoms with Crippen molar-refractivity contribution in [3.8, 4) is 5.75 Å². The predicted octanol–water partition coefficient (Wildman–Crippen LogP) is 2.58. The van der Waals surface area contributed by atoms with Gasteiger partial charge in [0.15, 0.2) is 6.29 Å². The second kappa shape index (κ2) is 4.91. The van der Waals surface area contributed by atoms with Gasteiger partial charge in [0.1, 0.15) is 5.75 Å². The molecule has 3 nitrogen and oxygen atoms in total. The van der Waals surface area contributed by atoms with Crippen LogP contribution in [0.3, 0.4) is 0 Å². The molecule has 0 radical (unpaired) electrons. The van der Waals surface area contributed by atoms with Crippen molar-refractivity contribution in [2.45, 2.75) is 13.3 Å². The molecule has 0 saturated carbocycles. The number of aldehydes is 1. The van der Waals surface area contributed by atoms with Crippen molar-refractivity contribution >= 4 is 28.2 Å². The molecule has 0 aliphatic rings. The third-order valence-corrected chi connectivity index (χ3v) is 2.10. The maximum absolute atomic E-state index is 11.0. The zero-order valence-electron chi connectivity index (χ0n) is 7.62. The topological polar surface area (TPSA) is 43.4 Å². The van der Waals surface area contributed by atoms with Crippen LogP contribution in [0.1, 0.15) is 23.7 Å². The summed E-state index contributed by atoms with van der Waals surface area (Å²) < 4.78 is 5.72. The van der Waals surface area contributed by atoms with E-state index < -0.39 is 0 Å². The molecule has 0 N–H and O–H groups in total. The molecule has 0 heterocycles. The van der Waals surface area contributed by atoms with Crippen molar-refractivity contribution in [3.63, 3.8) is 0 Å². The number of esters is 1. The molecule has 0 fully saturated rings. The maximum Gasteiger partial charge on any atom is 0.310 e. The number of hydrogen-bond acceptors (Lipinski definition) is 3. The van der Waals surface area contributed by atoms with Gasteiger partial charge in [0.2, 0.25) is 0 Å². The molecule has 14 heavy (non-hydrogen) atoms. The molecular formula is C10H9BrO3. The Morgan fingerprint density at radius 1 is 1.57 bits per heavy atom. The third kappa shape index (κ3) is 2.67. The molecule has 4 heteroatoms. The standard InChI is InChI=1S/C10H9BrO3/c1-2-10(13)14-9-4-3-8(11)5-7(9)6-12/h3-6H,2H2,1H3. The molecule has 0 atom stereocenters. The van der Waals surface area contributed by atoms with Crippen molar-refractivity contribution in [1.82, 2.24) is 0 Å². The smallest absolute Gasteiger partial charge is 0.310 e. The van der Waals surface area contributed by atoms with Crippen molar-refractivity contribution in [1.29, 1.82) is 0 Å². The van der Waals surface area contributed by atoms with E-state index in [0.717, 1.165) is 4.47 Å². The number of rotatable bonds is 3.